The van der Waals surface area contributed by atoms with Crippen LogP contribution in [0.2, 0.25) is 5.02 Å². The number of carbonyl (C=O) groups excluding carboxylic acids is 1. The number of nitrogens with two attached hydrogens (primary N) is 1. The van der Waals surface area contributed by atoms with Gasteiger partial charge in [-0.05, 0) is 37.1 Å². The number of rotatable bonds is 2. The van der Waals surface area contributed by atoms with Crippen molar-refractivity contribution in [1.82, 2.24) is 0 Å². The lowest BCUT2D eigenvalue weighted by Crippen LogP contribution is -2.27. The van der Waals surface area contributed by atoms with E-state index in [2.05, 4.69) is 4.90 Å². The third-order valence-corrected chi connectivity index (χ3v) is 3.33. The first-order valence-corrected chi connectivity index (χ1v) is 5.76. The number of hydrogen-bond acceptors (Lipinski definition) is 2. The van der Waals surface area contributed by atoms with E-state index in [0.717, 1.165) is 35.8 Å². The van der Waals surface area contributed by atoms with Crippen LogP contribution in [0.4, 0.5) is 5.69 Å². The van der Waals surface area contributed by atoms with Gasteiger partial charge in [-0.2, -0.15) is 0 Å². The maximum Gasteiger partial charge on any atom is 0.222 e. The fraction of sp³-hybridized carbons (Fsp3) is 0.417. The molecular weight excluding hydrogens is 224 g/mol. The Balaban J connectivity index is 2.17. The molecule has 3 nitrogen and oxygen atoms in total. The summed E-state index contributed by atoms with van der Waals surface area (Å²) in [6.07, 6.45) is 0.845. The topological polar surface area (TPSA) is 46.3 Å². The normalized spacial score (nSPS) is 20.1. The summed E-state index contributed by atoms with van der Waals surface area (Å²) >= 11 is 5.91. The Labute approximate surface area is 100 Å². The Morgan fingerprint density at radius 2 is 2.31 bits per heavy atom. The number of benzene rings is 1. The summed E-state index contributed by atoms with van der Waals surface area (Å²) in [7, 11) is 0. The standard InChI is InChI=1S/C12H15ClN2O/c1-8-6-10(13)2-3-11(8)15-5-4-9(7-15)12(14)16/h2-3,6,9H,4-5,7H2,1H3,(H2,14,16). The lowest BCUT2D eigenvalue weighted by molar-refractivity contribution is -0.121. The second-order valence-electron chi connectivity index (χ2n) is 4.26. The molecule has 0 radical (unpaired) electrons. The highest BCUT2D eigenvalue weighted by atomic mass is 35.5. The Kier molecular flexibility index (Phi) is 3.06. The van der Waals surface area contributed by atoms with Crippen molar-refractivity contribution in [2.24, 2.45) is 11.7 Å². The molecule has 1 fully saturated rings. The van der Waals surface area contributed by atoms with Crippen LogP contribution < -0.4 is 10.6 Å². The molecule has 1 heterocycles. The minimum atomic E-state index is -0.200. The van der Waals surface area contributed by atoms with Gasteiger partial charge in [0.05, 0.1) is 5.92 Å². The van der Waals surface area contributed by atoms with Crippen LogP contribution in [0.3, 0.4) is 0 Å². The Hall–Kier alpha value is -1.22. The van der Waals surface area contributed by atoms with Crippen LogP contribution in [0, 0.1) is 12.8 Å². The molecule has 1 aliphatic heterocycles. The van der Waals surface area contributed by atoms with Gasteiger partial charge in [0.2, 0.25) is 5.91 Å². The molecule has 1 aliphatic rings. The molecule has 1 aromatic rings. The number of halogens is 1. The highest BCUT2D eigenvalue weighted by Gasteiger charge is 2.27. The van der Waals surface area contributed by atoms with E-state index >= 15 is 0 Å². The van der Waals surface area contributed by atoms with Crippen molar-refractivity contribution >= 4 is 23.2 Å². The van der Waals surface area contributed by atoms with Crippen LogP contribution in [0.25, 0.3) is 0 Å². The molecule has 86 valence electrons. The number of amides is 1. The van der Waals surface area contributed by atoms with Crippen molar-refractivity contribution in [3.8, 4) is 0 Å². The maximum absolute atomic E-state index is 11.1. The Morgan fingerprint density at radius 1 is 1.56 bits per heavy atom. The first kappa shape index (κ1) is 11.3. The van der Waals surface area contributed by atoms with Crippen molar-refractivity contribution in [1.29, 1.82) is 0 Å². The first-order chi connectivity index (χ1) is 7.58. The Bertz CT molecular complexity index is 419. The average molecular weight is 239 g/mol. The van der Waals surface area contributed by atoms with Gasteiger partial charge in [-0.25, -0.2) is 0 Å². The van der Waals surface area contributed by atoms with Crippen molar-refractivity contribution in [3.05, 3.63) is 28.8 Å². The third-order valence-electron chi connectivity index (χ3n) is 3.09. The van der Waals surface area contributed by atoms with Crippen LogP contribution in [0.1, 0.15) is 12.0 Å². The fourth-order valence-electron chi connectivity index (χ4n) is 2.18. The number of aryl methyl sites for hydroxylation is 1. The zero-order valence-electron chi connectivity index (χ0n) is 9.24. The summed E-state index contributed by atoms with van der Waals surface area (Å²) < 4.78 is 0. The van der Waals surface area contributed by atoms with Gasteiger partial charge in [-0.1, -0.05) is 11.6 Å². The summed E-state index contributed by atoms with van der Waals surface area (Å²) in [6, 6.07) is 5.82. The fourth-order valence-corrected chi connectivity index (χ4v) is 2.41. The number of primary amides is 1. The lowest BCUT2D eigenvalue weighted by Gasteiger charge is -2.20. The number of hydrogen-bond donors (Lipinski definition) is 1. The lowest BCUT2D eigenvalue weighted by atomic mass is 10.1. The van der Waals surface area contributed by atoms with Crippen molar-refractivity contribution in [2.45, 2.75) is 13.3 Å². The molecule has 1 unspecified atom stereocenters. The SMILES string of the molecule is Cc1cc(Cl)ccc1N1CCC(C(N)=O)C1. The van der Waals surface area contributed by atoms with Crippen molar-refractivity contribution < 1.29 is 4.79 Å². The molecule has 1 saturated heterocycles. The molecule has 0 aromatic heterocycles. The van der Waals surface area contributed by atoms with Gasteiger partial charge in [0.25, 0.3) is 0 Å². The summed E-state index contributed by atoms with van der Waals surface area (Å²) in [5.74, 6) is -0.218. The zero-order chi connectivity index (χ0) is 11.7. The molecule has 4 heteroatoms. The molecule has 2 N–H and O–H groups in total. The van der Waals surface area contributed by atoms with E-state index in [1.165, 1.54) is 0 Å². The second-order valence-corrected chi connectivity index (χ2v) is 4.70. The van der Waals surface area contributed by atoms with Gasteiger partial charge in [-0.15, -0.1) is 0 Å². The van der Waals surface area contributed by atoms with Crippen LogP contribution >= 0.6 is 11.6 Å². The third kappa shape index (κ3) is 2.14. The second kappa shape index (κ2) is 4.34. The van der Waals surface area contributed by atoms with Gasteiger partial charge in [0.1, 0.15) is 0 Å². The van der Waals surface area contributed by atoms with E-state index in [0.29, 0.717) is 0 Å². The highest BCUT2D eigenvalue weighted by Crippen LogP contribution is 2.28. The molecule has 0 spiro atoms. The average Bonchev–Trinajstić information content (AvgIpc) is 2.66. The monoisotopic (exact) mass is 238 g/mol. The van der Waals surface area contributed by atoms with E-state index in [1.807, 2.05) is 25.1 Å². The highest BCUT2D eigenvalue weighted by molar-refractivity contribution is 6.30. The van der Waals surface area contributed by atoms with Gasteiger partial charge in [0, 0.05) is 23.8 Å². The van der Waals surface area contributed by atoms with Crippen LogP contribution in [0.15, 0.2) is 18.2 Å². The van der Waals surface area contributed by atoms with E-state index in [-0.39, 0.29) is 11.8 Å². The van der Waals surface area contributed by atoms with Crippen molar-refractivity contribution in [3.63, 3.8) is 0 Å². The summed E-state index contributed by atoms with van der Waals surface area (Å²) in [6.45, 7) is 3.63. The van der Waals surface area contributed by atoms with E-state index in [9.17, 15) is 4.79 Å². The number of anilines is 1. The van der Waals surface area contributed by atoms with Gasteiger partial charge in [0.15, 0.2) is 0 Å². The van der Waals surface area contributed by atoms with Crippen LogP contribution in [-0.2, 0) is 4.79 Å². The zero-order valence-corrected chi connectivity index (χ0v) is 10.00. The van der Waals surface area contributed by atoms with E-state index < -0.39 is 0 Å². The molecule has 0 aliphatic carbocycles. The molecule has 0 bridgehead atoms. The van der Waals surface area contributed by atoms with Crippen molar-refractivity contribution in [2.75, 3.05) is 18.0 Å². The molecular formula is C12H15ClN2O. The summed E-state index contributed by atoms with van der Waals surface area (Å²) in [4.78, 5) is 13.3. The molecule has 1 amide bonds. The molecule has 1 atom stereocenters. The Morgan fingerprint density at radius 3 is 2.88 bits per heavy atom. The molecule has 0 saturated carbocycles. The summed E-state index contributed by atoms with van der Waals surface area (Å²) in [5.41, 5.74) is 7.60. The quantitative estimate of drug-likeness (QED) is 0.856. The maximum atomic E-state index is 11.1. The predicted octanol–water partition coefficient (Wildman–Crippen LogP) is 1.96. The van der Waals surface area contributed by atoms with Gasteiger partial charge < -0.3 is 10.6 Å². The van der Waals surface area contributed by atoms with Crippen LogP contribution in [0.5, 0.6) is 0 Å². The molecule has 1 aromatic carbocycles. The largest absolute Gasteiger partial charge is 0.370 e. The first-order valence-electron chi connectivity index (χ1n) is 5.38. The summed E-state index contributed by atoms with van der Waals surface area (Å²) in [5, 5.41) is 0.742. The number of nitrogens with zero attached hydrogens (tertiary/aromatic N) is 1. The van der Waals surface area contributed by atoms with Crippen LogP contribution in [-0.4, -0.2) is 19.0 Å². The minimum Gasteiger partial charge on any atom is -0.370 e. The smallest absolute Gasteiger partial charge is 0.222 e. The van der Waals surface area contributed by atoms with Gasteiger partial charge in [-0.3, -0.25) is 4.79 Å². The number of carbonyl (C=O) groups is 1. The van der Waals surface area contributed by atoms with Gasteiger partial charge >= 0.3 is 0 Å². The predicted molar refractivity (Wildman–Crippen MR) is 65.7 cm³/mol. The molecule has 2 rings (SSSR count). The molecule has 16 heavy (non-hydrogen) atoms. The van der Waals surface area contributed by atoms with E-state index in [4.69, 9.17) is 17.3 Å². The van der Waals surface area contributed by atoms with E-state index in [1.54, 1.807) is 0 Å². The minimum absolute atomic E-state index is 0.0184.